The molecule has 2 N–H and O–H groups in total. The molecule has 0 unspecified atom stereocenters. The summed E-state index contributed by atoms with van der Waals surface area (Å²) in [7, 11) is 1.79. The third-order valence-electron chi connectivity index (χ3n) is 4.50. The number of aromatic carboxylic acids is 1. The fraction of sp³-hybridized carbons (Fsp3) is 0.714. The van der Waals surface area contributed by atoms with Gasteiger partial charge in [-0.05, 0) is 24.7 Å². The van der Waals surface area contributed by atoms with Crippen LogP contribution in [0.4, 0.5) is 0 Å². The number of carboxylic acids is 1. The lowest BCUT2D eigenvalue weighted by atomic mass is 9.83. The third kappa shape index (κ3) is 2.97. The second kappa shape index (κ2) is 5.74. The molecule has 5 nitrogen and oxygen atoms in total. The number of aromatic nitrogens is 2. The predicted octanol–water partition coefficient (Wildman–Crippen LogP) is 2.18. The summed E-state index contributed by atoms with van der Waals surface area (Å²) in [6.07, 6.45) is 7.83. The fourth-order valence-electron chi connectivity index (χ4n) is 3.08. The highest BCUT2D eigenvalue weighted by molar-refractivity contribution is 5.88. The average molecular weight is 265 g/mol. The number of nitrogens with zero attached hydrogens (tertiary/aromatic N) is 2. The zero-order valence-corrected chi connectivity index (χ0v) is 11.8. The van der Waals surface area contributed by atoms with Gasteiger partial charge in [-0.1, -0.05) is 19.8 Å². The molecule has 0 aliphatic heterocycles. The molecule has 1 saturated carbocycles. The molecule has 0 atom stereocenters. The smallest absolute Gasteiger partial charge is 0.339 e. The highest BCUT2D eigenvalue weighted by atomic mass is 16.4. The molecular formula is C14H23N3O2. The Labute approximate surface area is 114 Å². The molecular weight excluding hydrogens is 242 g/mol. The summed E-state index contributed by atoms with van der Waals surface area (Å²) in [4.78, 5) is 11.1. The van der Waals surface area contributed by atoms with E-state index in [1.807, 2.05) is 0 Å². The van der Waals surface area contributed by atoms with Crippen LogP contribution in [0.3, 0.4) is 0 Å². The Balaban J connectivity index is 1.95. The number of carboxylic acid groups (broad SMARTS) is 1. The molecule has 0 radical (unpaired) electrons. The van der Waals surface area contributed by atoms with Crippen molar-refractivity contribution < 1.29 is 9.90 Å². The van der Waals surface area contributed by atoms with Crippen LogP contribution in [-0.4, -0.2) is 27.4 Å². The zero-order valence-electron chi connectivity index (χ0n) is 11.8. The van der Waals surface area contributed by atoms with Gasteiger partial charge in [0.2, 0.25) is 0 Å². The molecule has 0 saturated heterocycles. The van der Waals surface area contributed by atoms with Crippen molar-refractivity contribution in [1.29, 1.82) is 0 Å². The van der Waals surface area contributed by atoms with Crippen LogP contribution in [0, 0.1) is 5.41 Å². The summed E-state index contributed by atoms with van der Waals surface area (Å²) in [6, 6.07) is 0. The van der Waals surface area contributed by atoms with Crippen molar-refractivity contribution in [2.75, 3.05) is 6.54 Å². The summed E-state index contributed by atoms with van der Waals surface area (Å²) in [5.74, 6) is -0.907. The maximum Gasteiger partial charge on any atom is 0.339 e. The quantitative estimate of drug-likeness (QED) is 0.827. The molecule has 0 spiro atoms. The molecule has 5 heteroatoms. The fourth-order valence-corrected chi connectivity index (χ4v) is 3.08. The van der Waals surface area contributed by atoms with E-state index in [-0.39, 0.29) is 0 Å². The summed E-state index contributed by atoms with van der Waals surface area (Å²) in [6.45, 7) is 3.79. The molecule has 106 valence electrons. The summed E-state index contributed by atoms with van der Waals surface area (Å²) in [5.41, 5.74) is 1.46. The van der Waals surface area contributed by atoms with E-state index in [4.69, 9.17) is 5.11 Å². The van der Waals surface area contributed by atoms with E-state index in [2.05, 4.69) is 17.3 Å². The van der Waals surface area contributed by atoms with Crippen LogP contribution in [-0.2, 0) is 13.6 Å². The minimum Gasteiger partial charge on any atom is -0.478 e. The van der Waals surface area contributed by atoms with Gasteiger partial charge in [-0.2, -0.15) is 5.10 Å². The minimum absolute atomic E-state index is 0.298. The van der Waals surface area contributed by atoms with Crippen LogP contribution in [0.5, 0.6) is 0 Å². The van der Waals surface area contributed by atoms with Gasteiger partial charge >= 0.3 is 5.97 Å². The van der Waals surface area contributed by atoms with E-state index in [0.717, 1.165) is 12.2 Å². The van der Waals surface area contributed by atoms with Crippen LogP contribution in [0.2, 0.25) is 0 Å². The van der Waals surface area contributed by atoms with Crippen molar-refractivity contribution in [3.8, 4) is 0 Å². The first-order valence-corrected chi connectivity index (χ1v) is 7.03. The molecule has 1 aromatic rings. The van der Waals surface area contributed by atoms with Crippen LogP contribution in [0.15, 0.2) is 6.20 Å². The Morgan fingerprint density at radius 1 is 1.53 bits per heavy atom. The van der Waals surface area contributed by atoms with Gasteiger partial charge in [-0.25, -0.2) is 4.79 Å². The highest BCUT2D eigenvalue weighted by Crippen LogP contribution is 2.40. The molecule has 1 heterocycles. The molecule has 1 aliphatic rings. The van der Waals surface area contributed by atoms with Crippen LogP contribution in [0.1, 0.15) is 55.1 Å². The standard InChI is InChI=1S/C14H23N3O2/c1-3-14(6-4-5-7-14)10-15-9-12-11(13(18)19)8-16-17(12)2/h8,15H,3-7,9-10H2,1-2H3,(H,18,19). The van der Waals surface area contributed by atoms with Crippen molar-refractivity contribution in [2.45, 2.75) is 45.6 Å². The van der Waals surface area contributed by atoms with Crippen molar-refractivity contribution in [3.63, 3.8) is 0 Å². The minimum atomic E-state index is -0.907. The molecule has 2 rings (SSSR count). The molecule has 0 bridgehead atoms. The maximum absolute atomic E-state index is 11.1. The lowest BCUT2D eigenvalue weighted by Gasteiger charge is -2.27. The predicted molar refractivity (Wildman–Crippen MR) is 73.1 cm³/mol. The van der Waals surface area contributed by atoms with Crippen LogP contribution >= 0.6 is 0 Å². The van der Waals surface area contributed by atoms with Gasteiger partial charge in [0.15, 0.2) is 0 Å². The number of aryl methyl sites for hydroxylation is 1. The summed E-state index contributed by atoms with van der Waals surface area (Å²) in [5, 5.41) is 16.6. The Hall–Kier alpha value is -1.36. The van der Waals surface area contributed by atoms with Crippen molar-refractivity contribution >= 4 is 5.97 Å². The van der Waals surface area contributed by atoms with Crippen LogP contribution < -0.4 is 5.32 Å². The van der Waals surface area contributed by atoms with E-state index in [9.17, 15) is 4.79 Å². The third-order valence-corrected chi connectivity index (χ3v) is 4.50. The van der Waals surface area contributed by atoms with Gasteiger partial charge < -0.3 is 10.4 Å². The first kappa shape index (κ1) is 14.1. The van der Waals surface area contributed by atoms with Crippen molar-refractivity contribution in [3.05, 3.63) is 17.5 Å². The maximum atomic E-state index is 11.1. The van der Waals surface area contributed by atoms with Gasteiger partial charge in [0.25, 0.3) is 0 Å². The van der Waals surface area contributed by atoms with E-state index >= 15 is 0 Å². The SMILES string of the molecule is CCC1(CNCc2c(C(=O)O)cnn2C)CCCC1. The number of hydrogen-bond donors (Lipinski definition) is 2. The Morgan fingerprint density at radius 3 is 2.79 bits per heavy atom. The van der Waals surface area contributed by atoms with E-state index < -0.39 is 5.97 Å². The lowest BCUT2D eigenvalue weighted by Crippen LogP contribution is -2.32. The lowest BCUT2D eigenvalue weighted by molar-refractivity contribution is 0.0695. The molecule has 1 aliphatic carbocycles. The number of carbonyl (C=O) groups is 1. The largest absolute Gasteiger partial charge is 0.478 e. The van der Waals surface area contributed by atoms with Gasteiger partial charge in [0.1, 0.15) is 5.56 Å². The van der Waals surface area contributed by atoms with E-state index in [0.29, 0.717) is 17.5 Å². The second-order valence-corrected chi connectivity index (χ2v) is 5.60. The number of rotatable bonds is 6. The summed E-state index contributed by atoms with van der Waals surface area (Å²) >= 11 is 0. The van der Waals surface area contributed by atoms with Gasteiger partial charge in [0, 0.05) is 20.1 Å². The highest BCUT2D eigenvalue weighted by Gasteiger charge is 2.31. The van der Waals surface area contributed by atoms with Gasteiger partial charge in [0.05, 0.1) is 11.9 Å². The molecule has 19 heavy (non-hydrogen) atoms. The normalized spacial score (nSPS) is 17.8. The monoisotopic (exact) mass is 265 g/mol. The number of nitrogens with one attached hydrogen (secondary N) is 1. The topological polar surface area (TPSA) is 67.2 Å². The van der Waals surface area contributed by atoms with E-state index in [1.54, 1.807) is 11.7 Å². The average Bonchev–Trinajstić information content (AvgIpc) is 2.98. The molecule has 1 aromatic heterocycles. The van der Waals surface area contributed by atoms with Crippen molar-refractivity contribution in [1.82, 2.24) is 15.1 Å². The first-order chi connectivity index (χ1) is 9.08. The van der Waals surface area contributed by atoms with Crippen LogP contribution in [0.25, 0.3) is 0 Å². The first-order valence-electron chi connectivity index (χ1n) is 7.03. The Morgan fingerprint density at radius 2 is 2.21 bits per heavy atom. The zero-order chi connectivity index (χ0) is 13.9. The van der Waals surface area contributed by atoms with Crippen molar-refractivity contribution in [2.24, 2.45) is 12.5 Å². The van der Waals surface area contributed by atoms with Gasteiger partial charge in [-0.3, -0.25) is 4.68 Å². The molecule has 0 amide bonds. The Bertz CT molecular complexity index is 448. The van der Waals surface area contributed by atoms with E-state index in [1.165, 1.54) is 38.3 Å². The van der Waals surface area contributed by atoms with Gasteiger partial charge in [-0.15, -0.1) is 0 Å². The molecule has 0 aromatic carbocycles. The Kier molecular flexibility index (Phi) is 4.24. The number of hydrogen-bond acceptors (Lipinski definition) is 3. The summed E-state index contributed by atoms with van der Waals surface area (Å²) < 4.78 is 1.64. The second-order valence-electron chi connectivity index (χ2n) is 5.60. The molecule has 1 fully saturated rings.